The minimum Gasteiger partial charge on any atom is -0.385 e. The van der Waals surface area contributed by atoms with Gasteiger partial charge in [0.2, 0.25) is 0 Å². The van der Waals surface area contributed by atoms with Crippen LogP contribution in [0.15, 0.2) is 0 Å². The molecule has 0 spiro atoms. The summed E-state index contributed by atoms with van der Waals surface area (Å²) in [6, 6.07) is 0. The van der Waals surface area contributed by atoms with Gasteiger partial charge in [-0.1, -0.05) is 13.3 Å². The molecule has 0 aliphatic rings. The third-order valence-corrected chi connectivity index (χ3v) is 1.68. The molecule has 1 atom stereocenters. The van der Waals surface area contributed by atoms with Gasteiger partial charge in [-0.15, -0.1) is 12.3 Å². The Morgan fingerprint density at radius 2 is 2.33 bits per heavy atom. The highest BCUT2D eigenvalue weighted by atomic mass is 16.3. The molecule has 2 nitrogen and oxygen atoms in total. The van der Waals surface area contributed by atoms with E-state index in [1.54, 1.807) is 0 Å². The van der Waals surface area contributed by atoms with Crippen LogP contribution in [-0.2, 0) is 4.79 Å². The van der Waals surface area contributed by atoms with E-state index in [1.807, 2.05) is 6.92 Å². The molecule has 0 aliphatic carbocycles. The third-order valence-electron chi connectivity index (χ3n) is 1.68. The fourth-order valence-electron chi connectivity index (χ4n) is 0.966. The predicted molar refractivity (Wildman–Crippen MR) is 48.6 cm³/mol. The highest BCUT2D eigenvalue weighted by molar-refractivity contribution is 5.82. The van der Waals surface area contributed by atoms with Crippen LogP contribution in [-0.4, -0.2) is 17.0 Å². The topological polar surface area (TPSA) is 37.3 Å². The molecule has 12 heavy (non-hydrogen) atoms. The normalized spacial score (nSPS) is 12.1. The van der Waals surface area contributed by atoms with Crippen molar-refractivity contribution in [3.63, 3.8) is 0 Å². The van der Waals surface area contributed by atoms with Gasteiger partial charge in [-0.3, -0.25) is 4.79 Å². The largest absolute Gasteiger partial charge is 0.385 e. The molecule has 0 rings (SSSR count). The summed E-state index contributed by atoms with van der Waals surface area (Å²) in [4.78, 5) is 11.1. The fraction of sp³-hybridized carbons (Fsp3) is 0.700. The lowest BCUT2D eigenvalue weighted by molar-refractivity contribution is -0.127. The van der Waals surface area contributed by atoms with Gasteiger partial charge < -0.3 is 5.11 Å². The van der Waals surface area contributed by atoms with E-state index in [1.165, 1.54) is 0 Å². The quantitative estimate of drug-likeness (QED) is 0.482. The van der Waals surface area contributed by atoms with E-state index in [2.05, 4.69) is 5.92 Å². The van der Waals surface area contributed by atoms with Crippen LogP contribution in [0.3, 0.4) is 0 Å². The van der Waals surface area contributed by atoms with Crippen LogP contribution < -0.4 is 0 Å². The second-order valence-corrected chi connectivity index (χ2v) is 2.83. The minimum atomic E-state index is -0.771. The summed E-state index contributed by atoms with van der Waals surface area (Å²) in [6.45, 7) is 1.94. The maximum atomic E-state index is 11.1. The van der Waals surface area contributed by atoms with Gasteiger partial charge in [0.15, 0.2) is 5.78 Å². The number of aliphatic hydroxyl groups is 1. The van der Waals surface area contributed by atoms with Crippen LogP contribution in [0.25, 0.3) is 0 Å². The molecular formula is C10H16O2. The Hall–Kier alpha value is -0.810. The summed E-state index contributed by atoms with van der Waals surface area (Å²) in [6.07, 6.45) is 7.37. The van der Waals surface area contributed by atoms with E-state index in [0.29, 0.717) is 25.7 Å². The first-order valence-corrected chi connectivity index (χ1v) is 4.36. The third kappa shape index (κ3) is 4.92. The van der Waals surface area contributed by atoms with Crippen molar-refractivity contribution in [2.45, 2.75) is 45.1 Å². The summed E-state index contributed by atoms with van der Waals surface area (Å²) >= 11 is 0. The molecule has 68 valence electrons. The number of unbranched alkanes of at least 4 members (excludes halogenated alkanes) is 1. The molecule has 0 bridgehead atoms. The number of rotatable bonds is 6. The second kappa shape index (κ2) is 6.87. The van der Waals surface area contributed by atoms with E-state index < -0.39 is 6.10 Å². The highest BCUT2D eigenvalue weighted by Gasteiger charge is 2.12. The van der Waals surface area contributed by atoms with Gasteiger partial charge in [0.05, 0.1) is 0 Å². The molecule has 0 heterocycles. The summed E-state index contributed by atoms with van der Waals surface area (Å²) < 4.78 is 0. The van der Waals surface area contributed by atoms with Crippen molar-refractivity contribution in [3.05, 3.63) is 0 Å². The average Bonchev–Trinajstić information content (AvgIpc) is 2.05. The average molecular weight is 168 g/mol. The Bertz CT molecular complexity index is 167. The zero-order valence-corrected chi connectivity index (χ0v) is 7.55. The second-order valence-electron chi connectivity index (χ2n) is 2.83. The molecule has 0 aliphatic heterocycles. The highest BCUT2D eigenvalue weighted by Crippen LogP contribution is 2.03. The maximum absolute atomic E-state index is 11.1. The first-order chi connectivity index (χ1) is 5.72. The molecule has 0 saturated carbocycles. The lowest BCUT2D eigenvalue weighted by Gasteiger charge is -2.06. The van der Waals surface area contributed by atoms with Gasteiger partial charge in [-0.25, -0.2) is 0 Å². The van der Waals surface area contributed by atoms with Crippen molar-refractivity contribution in [1.29, 1.82) is 0 Å². The number of aliphatic hydroxyl groups excluding tert-OH is 1. The molecule has 0 aromatic rings. The van der Waals surface area contributed by atoms with Gasteiger partial charge in [0.25, 0.3) is 0 Å². The van der Waals surface area contributed by atoms with Crippen molar-refractivity contribution in [1.82, 2.24) is 0 Å². The number of Topliss-reactive ketones (excluding diaryl/α,β-unsaturated/α-hetero) is 1. The Morgan fingerprint density at radius 3 is 2.83 bits per heavy atom. The number of ketones is 1. The minimum absolute atomic E-state index is 0.0768. The van der Waals surface area contributed by atoms with Crippen LogP contribution in [0.5, 0.6) is 0 Å². The van der Waals surface area contributed by atoms with Crippen LogP contribution in [0, 0.1) is 12.3 Å². The fourth-order valence-corrected chi connectivity index (χ4v) is 0.966. The smallest absolute Gasteiger partial charge is 0.161 e. The van der Waals surface area contributed by atoms with Crippen molar-refractivity contribution >= 4 is 5.78 Å². The van der Waals surface area contributed by atoms with Crippen molar-refractivity contribution in [3.8, 4) is 12.3 Å². The molecule has 0 fully saturated rings. The number of carbonyl (C=O) groups is 1. The van der Waals surface area contributed by atoms with Gasteiger partial charge in [-0.2, -0.15) is 0 Å². The van der Waals surface area contributed by atoms with E-state index in [-0.39, 0.29) is 5.78 Å². The van der Waals surface area contributed by atoms with Gasteiger partial charge >= 0.3 is 0 Å². The van der Waals surface area contributed by atoms with E-state index in [0.717, 1.165) is 6.42 Å². The SMILES string of the molecule is C#CCCCC(=O)C(O)CCC. The van der Waals surface area contributed by atoms with Crippen molar-refractivity contribution in [2.75, 3.05) is 0 Å². The Labute approximate surface area is 74.0 Å². The molecule has 0 saturated heterocycles. The lowest BCUT2D eigenvalue weighted by Crippen LogP contribution is -2.19. The van der Waals surface area contributed by atoms with Crippen LogP contribution in [0.1, 0.15) is 39.0 Å². The molecular weight excluding hydrogens is 152 g/mol. The number of hydrogen-bond donors (Lipinski definition) is 1. The number of terminal acetylenes is 1. The number of hydrogen-bond acceptors (Lipinski definition) is 2. The van der Waals surface area contributed by atoms with Crippen molar-refractivity contribution in [2.24, 2.45) is 0 Å². The summed E-state index contributed by atoms with van der Waals surface area (Å²) in [5.74, 6) is 2.38. The first kappa shape index (κ1) is 11.2. The Kier molecular flexibility index (Phi) is 6.41. The van der Waals surface area contributed by atoms with E-state index >= 15 is 0 Å². The maximum Gasteiger partial charge on any atom is 0.161 e. The number of carbonyl (C=O) groups excluding carboxylic acids is 1. The molecule has 0 aromatic carbocycles. The molecule has 0 aromatic heterocycles. The van der Waals surface area contributed by atoms with Crippen molar-refractivity contribution < 1.29 is 9.90 Å². The molecule has 1 N–H and O–H groups in total. The zero-order chi connectivity index (χ0) is 9.40. The molecule has 0 amide bonds. The Balaban J connectivity index is 3.51. The zero-order valence-electron chi connectivity index (χ0n) is 7.55. The van der Waals surface area contributed by atoms with Gasteiger partial charge in [-0.05, 0) is 12.8 Å². The molecule has 1 unspecified atom stereocenters. The van der Waals surface area contributed by atoms with Crippen LogP contribution >= 0.6 is 0 Å². The predicted octanol–water partition coefficient (Wildman–Crippen LogP) is 1.52. The summed E-state index contributed by atoms with van der Waals surface area (Å²) in [5.41, 5.74) is 0. The summed E-state index contributed by atoms with van der Waals surface area (Å²) in [7, 11) is 0. The first-order valence-electron chi connectivity index (χ1n) is 4.36. The Morgan fingerprint density at radius 1 is 1.67 bits per heavy atom. The molecule has 0 radical (unpaired) electrons. The standard InChI is InChI=1S/C10H16O2/c1-3-5-6-8-10(12)9(11)7-4-2/h1,9,11H,4-8H2,2H3. The monoisotopic (exact) mass is 168 g/mol. The van der Waals surface area contributed by atoms with Gasteiger partial charge in [0, 0.05) is 12.8 Å². The van der Waals surface area contributed by atoms with E-state index in [9.17, 15) is 9.90 Å². The lowest BCUT2D eigenvalue weighted by atomic mass is 10.1. The van der Waals surface area contributed by atoms with Crippen LogP contribution in [0.4, 0.5) is 0 Å². The van der Waals surface area contributed by atoms with E-state index in [4.69, 9.17) is 6.42 Å². The summed E-state index contributed by atoms with van der Waals surface area (Å²) in [5, 5.41) is 9.22. The van der Waals surface area contributed by atoms with Gasteiger partial charge in [0.1, 0.15) is 6.10 Å². The van der Waals surface area contributed by atoms with Crippen LogP contribution in [0.2, 0.25) is 0 Å². The molecule has 2 heteroatoms.